The summed E-state index contributed by atoms with van der Waals surface area (Å²) in [5, 5.41) is 4.41. The Labute approximate surface area is 173 Å². The van der Waals surface area contributed by atoms with E-state index in [2.05, 4.69) is 26.6 Å². The first kappa shape index (κ1) is 22.8. The minimum atomic E-state index is -1.71. The molecule has 0 aliphatic heterocycles. The molecular formula is C19H18BrF4N3O2. The summed E-state index contributed by atoms with van der Waals surface area (Å²) >= 11 is 3.25. The Bertz CT molecular complexity index is 927. The van der Waals surface area contributed by atoms with Gasteiger partial charge in [0.1, 0.15) is 5.82 Å². The Balaban J connectivity index is 1.90. The Morgan fingerprint density at radius 3 is 2.41 bits per heavy atom. The van der Waals surface area contributed by atoms with E-state index < -0.39 is 53.4 Å². The monoisotopic (exact) mass is 475 g/mol. The van der Waals surface area contributed by atoms with E-state index in [4.69, 9.17) is 0 Å². The molecule has 5 nitrogen and oxygen atoms in total. The average Bonchev–Trinajstić information content (AvgIpc) is 2.68. The molecule has 2 amide bonds. The Morgan fingerprint density at radius 1 is 1.07 bits per heavy atom. The fourth-order valence-corrected chi connectivity index (χ4v) is 2.81. The van der Waals surface area contributed by atoms with Crippen LogP contribution in [0.15, 0.2) is 34.8 Å². The number of carbonyl (C=O) groups is 2. The highest BCUT2D eigenvalue weighted by atomic mass is 79.9. The predicted octanol–water partition coefficient (Wildman–Crippen LogP) is 3.58. The van der Waals surface area contributed by atoms with Crippen molar-refractivity contribution in [3.63, 3.8) is 0 Å². The van der Waals surface area contributed by atoms with Crippen molar-refractivity contribution in [3.05, 3.63) is 63.6 Å². The van der Waals surface area contributed by atoms with Gasteiger partial charge in [0, 0.05) is 16.6 Å². The van der Waals surface area contributed by atoms with Crippen molar-refractivity contribution < 1.29 is 27.2 Å². The fourth-order valence-electron chi connectivity index (χ4n) is 2.40. The zero-order valence-electron chi connectivity index (χ0n) is 15.5. The molecule has 0 aromatic heterocycles. The molecular weight excluding hydrogens is 458 g/mol. The first-order valence-corrected chi connectivity index (χ1v) is 9.24. The van der Waals surface area contributed by atoms with Crippen LogP contribution in [0.25, 0.3) is 0 Å². The van der Waals surface area contributed by atoms with Crippen LogP contribution in [0.3, 0.4) is 0 Å². The second-order valence-electron chi connectivity index (χ2n) is 6.32. The quantitative estimate of drug-likeness (QED) is 0.475. The molecule has 0 spiro atoms. The molecule has 2 rings (SSSR count). The number of anilines is 1. The lowest BCUT2D eigenvalue weighted by atomic mass is 10.1. The van der Waals surface area contributed by atoms with Gasteiger partial charge in [-0.25, -0.2) is 17.6 Å². The lowest BCUT2D eigenvalue weighted by Gasteiger charge is -2.24. The molecule has 2 aromatic carbocycles. The molecule has 1 unspecified atom stereocenters. The summed E-state index contributed by atoms with van der Waals surface area (Å²) in [7, 11) is 1.61. The van der Waals surface area contributed by atoms with E-state index in [1.165, 1.54) is 6.07 Å². The Morgan fingerprint density at radius 2 is 1.72 bits per heavy atom. The topological polar surface area (TPSA) is 61.4 Å². The maximum atomic E-state index is 13.9. The third-order valence-corrected chi connectivity index (χ3v) is 4.69. The van der Waals surface area contributed by atoms with Crippen molar-refractivity contribution in [2.75, 3.05) is 18.9 Å². The zero-order valence-corrected chi connectivity index (χ0v) is 17.1. The zero-order chi connectivity index (χ0) is 21.7. The molecule has 0 aliphatic carbocycles. The maximum absolute atomic E-state index is 13.9. The number of nitrogens with one attached hydrogen (secondary N) is 2. The van der Waals surface area contributed by atoms with Crippen LogP contribution in [0, 0.1) is 23.3 Å². The third-order valence-electron chi connectivity index (χ3n) is 4.20. The van der Waals surface area contributed by atoms with E-state index in [0.717, 1.165) is 6.07 Å². The van der Waals surface area contributed by atoms with Crippen molar-refractivity contribution in [1.29, 1.82) is 0 Å². The molecule has 0 fully saturated rings. The standard InChI is InChI=1S/C19H18BrF4N3O2/c1-10(27(2)9-11-7-12(20)3-4-13(11)21)19(29)25-8-16(28)26-15-6-5-14(22)17(23)18(15)24/h3-7,10H,8-9H2,1-2H3,(H,25,29)(H,26,28). The van der Waals surface area contributed by atoms with Crippen LogP contribution >= 0.6 is 15.9 Å². The van der Waals surface area contributed by atoms with Gasteiger partial charge in [-0.2, -0.15) is 0 Å². The molecule has 10 heteroatoms. The van der Waals surface area contributed by atoms with Crippen molar-refractivity contribution in [1.82, 2.24) is 10.2 Å². The van der Waals surface area contributed by atoms with Gasteiger partial charge in [0.2, 0.25) is 11.8 Å². The summed E-state index contributed by atoms with van der Waals surface area (Å²) in [4.78, 5) is 25.7. The van der Waals surface area contributed by atoms with E-state index in [1.54, 1.807) is 31.0 Å². The molecule has 29 heavy (non-hydrogen) atoms. The molecule has 156 valence electrons. The van der Waals surface area contributed by atoms with E-state index >= 15 is 0 Å². The number of nitrogens with zero attached hydrogens (tertiary/aromatic N) is 1. The van der Waals surface area contributed by atoms with Gasteiger partial charge >= 0.3 is 0 Å². The van der Waals surface area contributed by atoms with Gasteiger partial charge in [0.05, 0.1) is 18.3 Å². The van der Waals surface area contributed by atoms with E-state index in [1.807, 2.05) is 0 Å². The molecule has 2 N–H and O–H groups in total. The highest BCUT2D eigenvalue weighted by Crippen LogP contribution is 2.19. The SMILES string of the molecule is CC(C(=O)NCC(=O)Nc1ccc(F)c(F)c1F)N(C)Cc1cc(Br)ccc1F. The summed E-state index contributed by atoms with van der Waals surface area (Å²) in [5.74, 6) is -6.39. The first-order chi connectivity index (χ1) is 13.6. The predicted molar refractivity (Wildman–Crippen MR) is 103 cm³/mol. The summed E-state index contributed by atoms with van der Waals surface area (Å²) in [6.45, 7) is 1.20. The molecule has 0 aliphatic rings. The van der Waals surface area contributed by atoms with Gasteiger partial charge in [-0.05, 0) is 44.3 Å². The van der Waals surface area contributed by atoms with Crippen LogP contribution < -0.4 is 10.6 Å². The normalized spacial score (nSPS) is 12.0. The molecule has 0 saturated heterocycles. The van der Waals surface area contributed by atoms with Crippen molar-refractivity contribution in [3.8, 4) is 0 Å². The van der Waals surface area contributed by atoms with Crippen LogP contribution in [0.1, 0.15) is 12.5 Å². The summed E-state index contributed by atoms with van der Waals surface area (Å²) in [6, 6.07) is 5.30. The average molecular weight is 476 g/mol. The minimum absolute atomic E-state index is 0.145. The summed E-state index contributed by atoms with van der Waals surface area (Å²) < 4.78 is 54.2. The number of likely N-dealkylation sites (N-methyl/N-ethyl adjacent to an activating group) is 1. The van der Waals surface area contributed by atoms with Crippen LogP contribution in [-0.2, 0) is 16.1 Å². The number of amides is 2. The number of hydrogen-bond donors (Lipinski definition) is 2. The highest BCUT2D eigenvalue weighted by molar-refractivity contribution is 9.10. The van der Waals surface area contributed by atoms with Crippen LogP contribution in [0.2, 0.25) is 0 Å². The maximum Gasteiger partial charge on any atom is 0.243 e. The Hall–Kier alpha value is -2.46. The van der Waals surface area contributed by atoms with E-state index in [9.17, 15) is 27.2 Å². The van der Waals surface area contributed by atoms with Crippen molar-refractivity contribution >= 4 is 33.4 Å². The summed E-state index contributed by atoms with van der Waals surface area (Å²) in [5.41, 5.74) is -0.161. The van der Waals surface area contributed by atoms with E-state index in [0.29, 0.717) is 16.1 Å². The molecule has 0 radical (unpaired) electrons. The molecule has 0 heterocycles. The van der Waals surface area contributed by atoms with Crippen molar-refractivity contribution in [2.24, 2.45) is 0 Å². The number of halogens is 5. The Kier molecular flexibility index (Phi) is 7.74. The van der Waals surface area contributed by atoms with Gasteiger partial charge in [0.25, 0.3) is 0 Å². The number of benzene rings is 2. The largest absolute Gasteiger partial charge is 0.346 e. The lowest BCUT2D eigenvalue weighted by Crippen LogP contribution is -2.45. The van der Waals surface area contributed by atoms with Crippen LogP contribution in [0.5, 0.6) is 0 Å². The minimum Gasteiger partial charge on any atom is -0.346 e. The number of hydrogen-bond acceptors (Lipinski definition) is 3. The van der Waals surface area contributed by atoms with Gasteiger partial charge in [-0.15, -0.1) is 0 Å². The highest BCUT2D eigenvalue weighted by Gasteiger charge is 2.21. The summed E-state index contributed by atoms with van der Waals surface area (Å²) in [6.07, 6.45) is 0. The molecule has 1 atom stereocenters. The second kappa shape index (κ2) is 9.84. The van der Waals surface area contributed by atoms with Gasteiger partial charge in [-0.3, -0.25) is 14.5 Å². The van der Waals surface area contributed by atoms with Gasteiger partial charge in [0.15, 0.2) is 17.5 Å². The third kappa shape index (κ3) is 6.01. The van der Waals surface area contributed by atoms with E-state index in [-0.39, 0.29) is 6.54 Å². The van der Waals surface area contributed by atoms with Crippen LogP contribution in [0.4, 0.5) is 23.2 Å². The first-order valence-electron chi connectivity index (χ1n) is 8.45. The lowest BCUT2D eigenvalue weighted by molar-refractivity contribution is -0.127. The fraction of sp³-hybridized carbons (Fsp3) is 0.263. The number of rotatable bonds is 7. The number of carbonyl (C=O) groups excluding carboxylic acids is 2. The molecule has 0 bridgehead atoms. The molecule has 0 saturated carbocycles. The van der Waals surface area contributed by atoms with Gasteiger partial charge in [-0.1, -0.05) is 15.9 Å². The smallest absolute Gasteiger partial charge is 0.243 e. The van der Waals surface area contributed by atoms with Crippen molar-refractivity contribution in [2.45, 2.75) is 19.5 Å². The van der Waals surface area contributed by atoms with Crippen LogP contribution in [-0.4, -0.2) is 36.3 Å². The second-order valence-corrected chi connectivity index (χ2v) is 7.23. The van der Waals surface area contributed by atoms with Gasteiger partial charge < -0.3 is 10.6 Å². The molecule has 2 aromatic rings.